The Bertz CT molecular complexity index is 827. The van der Waals surface area contributed by atoms with E-state index in [1.54, 1.807) is 0 Å². The first kappa shape index (κ1) is 12.2. The highest BCUT2D eigenvalue weighted by Gasteiger charge is 2.21. The van der Waals surface area contributed by atoms with Gasteiger partial charge in [0.15, 0.2) is 0 Å². The third kappa shape index (κ3) is 1.86. The molecule has 3 aromatic rings. The van der Waals surface area contributed by atoms with Crippen molar-refractivity contribution in [2.24, 2.45) is 0 Å². The van der Waals surface area contributed by atoms with Crippen LogP contribution in [0.3, 0.4) is 0 Å². The minimum atomic E-state index is 0.680. The molecule has 0 saturated carbocycles. The Morgan fingerprint density at radius 1 is 0.667 bits per heavy atom. The summed E-state index contributed by atoms with van der Waals surface area (Å²) >= 11 is 0. The minimum absolute atomic E-state index is 0.680. The zero-order chi connectivity index (χ0) is 14.2. The molecule has 0 fully saturated rings. The topological polar surface area (TPSA) is 29.5 Å². The summed E-state index contributed by atoms with van der Waals surface area (Å²) in [7, 11) is 1.09. The lowest BCUT2D eigenvalue weighted by Crippen LogP contribution is -2.16. The van der Waals surface area contributed by atoms with E-state index in [-0.39, 0.29) is 0 Å². The predicted molar refractivity (Wildman–Crippen MR) is 85.0 cm³/mol. The highest BCUT2D eigenvalue weighted by molar-refractivity contribution is 6.47. The molecular formula is C18H12BO2. The van der Waals surface area contributed by atoms with Crippen LogP contribution >= 0.6 is 0 Å². The lowest BCUT2D eigenvalue weighted by atomic mass is 9.84. The van der Waals surface area contributed by atoms with Crippen molar-refractivity contribution in [3.8, 4) is 33.8 Å². The van der Waals surface area contributed by atoms with Crippen LogP contribution in [0.2, 0.25) is 0 Å². The lowest BCUT2D eigenvalue weighted by Gasteiger charge is -2.12. The van der Waals surface area contributed by atoms with Crippen molar-refractivity contribution in [1.82, 2.24) is 0 Å². The maximum absolute atomic E-state index is 9.48. The van der Waals surface area contributed by atoms with Crippen molar-refractivity contribution in [2.75, 3.05) is 0 Å². The third-order valence-electron chi connectivity index (χ3n) is 3.79. The maximum Gasteiger partial charge on any atom is 0.330 e. The van der Waals surface area contributed by atoms with Gasteiger partial charge in [-0.25, -0.2) is 0 Å². The number of benzene rings is 3. The molecular weight excluding hydrogens is 259 g/mol. The van der Waals surface area contributed by atoms with Crippen LogP contribution in [-0.4, -0.2) is 12.5 Å². The molecule has 0 bridgehead atoms. The predicted octanol–water partition coefficient (Wildman–Crippen LogP) is 3.36. The number of hydrogen-bond acceptors (Lipinski definition) is 2. The molecule has 0 saturated heterocycles. The van der Waals surface area contributed by atoms with Gasteiger partial charge in [0.05, 0.1) is 0 Å². The summed E-state index contributed by atoms with van der Waals surface area (Å²) in [4.78, 5) is 0. The first-order valence-corrected chi connectivity index (χ1v) is 6.85. The molecule has 0 spiro atoms. The molecule has 1 N–H and O–H groups in total. The number of hydrogen-bond donors (Lipinski definition) is 1. The molecule has 0 unspecified atom stereocenters. The van der Waals surface area contributed by atoms with Crippen molar-refractivity contribution in [3.05, 3.63) is 66.7 Å². The van der Waals surface area contributed by atoms with Crippen LogP contribution in [0, 0.1) is 0 Å². The van der Waals surface area contributed by atoms with Crippen LogP contribution < -0.4 is 10.2 Å². The van der Waals surface area contributed by atoms with Crippen LogP contribution in [0.1, 0.15) is 0 Å². The standard InChI is InChI=1S/C18H12BO2/c20-19-16-10-5-9-15-13-7-2-1-6-12(13)14-8-3-4-11-17(14)21-18(15)16/h1-11,20H. The molecule has 0 atom stereocenters. The summed E-state index contributed by atoms with van der Waals surface area (Å²) in [5.74, 6) is 1.50. The van der Waals surface area contributed by atoms with Crippen molar-refractivity contribution in [2.45, 2.75) is 0 Å². The van der Waals surface area contributed by atoms with Crippen molar-refractivity contribution in [1.29, 1.82) is 0 Å². The van der Waals surface area contributed by atoms with Crippen LogP contribution in [0.4, 0.5) is 0 Å². The third-order valence-corrected chi connectivity index (χ3v) is 3.79. The van der Waals surface area contributed by atoms with E-state index in [9.17, 15) is 5.02 Å². The summed E-state index contributed by atoms with van der Waals surface area (Å²) in [6, 6.07) is 22.0. The van der Waals surface area contributed by atoms with Gasteiger partial charge in [0.1, 0.15) is 11.5 Å². The Morgan fingerprint density at radius 2 is 1.29 bits per heavy atom. The fraction of sp³-hybridized carbons (Fsp3) is 0. The fourth-order valence-electron chi connectivity index (χ4n) is 2.82. The molecule has 21 heavy (non-hydrogen) atoms. The van der Waals surface area contributed by atoms with Gasteiger partial charge in [-0.15, -0.1) is 0 Å². The first-order valence-electron chi connectivity index (χ1n) is 6.85. The smallest absolute Gasteiger partial charge is 0.330 e. The Hall–Kier alpha value is -2.52. The number of ether oxygens (including phenoxy) is 1. The highest BCUT2D eigenvalue weighted by atomic mass is 16.5. The van der Waals surface area contributed by atoms with Gasteiger partial charge in [0, 0.05) is 11.1 Å². The molecule has 3 aromatic carbocycles. The van der Waals surface area contributed by atoms with Gasteiger partial charge in [-0.3, -0.25) is 0 Å². The Morgan fingerprint density at radius 3 is 2.05 bits per heavy atom. The quantitative estimate of drug-likeness (QED) is 0.538. The van der Waals surface area contributed by atoms with E-state index in [4.69, 9.17) is 4.74 Å². The van der Waals surface area contributed by atoms with E-state index in [1.807, 2.05) is 48.5 Å². The largest absolute Gasteiger partial charge is 0.457 e. The second kappa shape index (κ2) is 4.79. The monoisotopic (exact) mass is 271 g/mol. The second-order valence-electron chi connectivity index (χ2n) is 5.00. The second-order valence-corrected chi connectivity index (χ2v) is 5.00. The first-order chi connectivity index (χ1) is 10.4. The molecule has 1 radical (unpaired) electrons. The van der Waals surface area contributed by atoms with E-state index < -0.39 is 0 Å². The van der Waals surface area contributed by atoms with Crippen LogP contribution in [0.5, 0.6) is 11.5 Å². The number of rotatable bonds is 1. The van der Waals surface area contributed by atoms with Crippen LogP contribution in [0.15, 0.2) is 66.7 Å². The zero-order valence-electron chi connectivity index (χ0n) is 11.3. The van der Waals surface area contributed by atoms with E-state index in [0.29, 0.717) is 11.2 Å². The number of para-hydroxylation sites is 2. The van der Waals surface area contributed by atoms with Gasteiger partial charge in [-0.2, -0.15) is 0 Å². The minimum Gasteiger partial charge on any atom is -0.457 e. The Labute approximate surface area is 123 Å². The van der Waals surface area contributed by atoms with Gasteiger partial charge in [-0.05, 0) is 22.7 Å². The van der Waals surface area contributed by atoms with Gasteiger partial charge >= 0.3 is 7.48 Å². The molecule has 99 valence electrons. The van der Waals surface area contributed by atoms with E-state index in [1.165, 1.54) is 0 Å². The van der Waals surface area contributed by atoms with Gasteiger partial charge in [-0.1, -0.05) is 60.7 Å². The summed E-state index contributed by atoms with van der Waals surface area (Å²) in [6.45, 7) is 0. The van der Waals surface area contributed by atoms with Crippen LogP contribution in [0.25, 0.3) is 22.3 Å². The van der Waals surface area contributed by atoms with E-state index in [2.05, 4.69) is 18.2 Å². The molecule has 0 aromatic heterocycles. The normalized spacial score (nSPS) is 11.5. The van der Waals surface area contributed by atoms with Gasteiger partial charge in [0.2, 0.25) is 0 Å². The van der Waals surface area contributed by atoms with Crippen molar-refractivity contribution in [3.63, 3.8) is 0 Å². The summed E-state index contributed by atoms with van der Waals surface area (Å²) < 4.78 is 6.12. The van der Waals surface area contributed by atoms with Crippen LogP contribution in [-0.2, 0) is 0 Å². The van der Waals surface area contributed by atoms with Gasteiger partial charge in [0.25, 0.3) is 0 Å². The number of fused-ring (bicyclic) bond motifs is 5. The average Bonchev–Trinajstić information content (AvgIpc) is 2.69. The van der Waals surface area contributed by atoms with Crippen molar-refractivity contribution >= 4 is 12.9 Å². The Balaban J connectivity index is 2.11. The van der Waals surface area contributed by atoms with E-state index >= 15 is 0 Å². The average molecular weight is 271 g/mol. The SMILES string of the molecule is O[B]c1cccc2c1Oc1ccccc1-c1ccccc1-2. The molecule has 1 heterocycles. The summed E-state index contributed by atoms with van der Waals surface area (Å²) in [5, 5.41) is 9.48. The summed E-state index contributed by atoms with van der Waals surface area (Å²) in [6.07, 6.45) is 0. The molecule has 1 aliphatic heterocycles. The molecule has 0 amide bonds. The van der Waals surface area contributed by atoms with Crippen molar-refractivity contribution < 1.29 is 9.76 Å². The molecule has 1 aliphatic rings. The fourth-order valence-corrected chi connectivity index (χ4v) is 2.82. The van der Waals surface area contributed by atoms with Gasteiger partial charge < -0.3 is 9.76 Å². The highest BCUT2D eigenvalue weighted by Crippen LogP contribution is 2.45. The lowest BCUT2D eigenvalue weighted by molar-refractivity contribution is 0.490. The summed E-state index contributed by atoms with van der Waals surface area (Å²) in [5.41, 5.74) is 4.99. The van der Waals surface area contributed by atoms with E-state index in [0.717, 1.165) is 35.5 Å². The molecule has 0 aliphatic carbocycles. The zero-order valence-corrected chi connectivity index (χ0v) is 11.3. The molecule has 4 rings (SSSR count). The maximum atomic E-state index is 9.48. The Kier molecular flexibility index (Phi) is 2.79. The molecule has 2 nitrogen and oxygen atoms in total. The molecule has 3 heteroatoms.